The number of nitrogens with zero attached hydrogens (tertiary/aromatic N) is 2. The lowest BCUT2D eigenvalue weighted by molar-refractivity contribution is 0.323. The fourth-order valence-corrected chi connectivity index (χ4v) is 3.86. The van der Waals surface area contributed by atoms with Crippen molar-refractivity contribution in [2.75, 3.05) is 12.8 Å². The molecular weight excluding hydrogens is 307 g/mol. The molecule has 2 aromatic rings. The third-order valence-electron chi connectivity index (χ3n) is 3.78. The molecule has 1 fully saturated rings. The van der Waals surface area contributed by atoms with Crippen LogP contribution in [0, 0.1) is 5.82 Å². The summed E-state index contributed by atoms with van der Waals surface area (Å²) in [6.45, 7) is 0.499. The van der Waals surface area contributed by atoms with Crippen LogP contribution < -0.4 is 0 Å². The summed E-state index contributed by atoms with van der Waals surface area (Å²) in [6, 6.07) is 5.85. The summed E-state index contributed by atoms with van der Waals surface area (Å²) in [7, 11) is -3.26. The second-order valence-electron chi connectivity index (χ2n) is 5.50. The van der Waals surface area contributed by atoms with Crippen LogP contribution in [0.1, 0.15) is 36.1 Å². The van der Waals surface area contributed by atoms with E-state index in [9.17, 15) is 12.8 Å². The molecule has 0 bridgehead atoms. The highest BCUT2D eigenvalue weighted by molar-refractivity contribution is 7.88. The van der Waals surface area contributed by atoms with Crippen LogP contribution in [-0.2, 0) is 16.4 Å². The van der Waals surface area contributed by atoms with Crippen LogP contribution in [0.2, 0.25) is 0 Å². The van der Waals surface area contributed by atoms with Gasteiger partial charge in [0.25, 0.3) is 0 Å². The predicted octanol–water partition coefficient (Wildman–Crippen LogP) is 2.50. The highest BCUT2D eigenvalue weighted by Crippen LogP contribution is 2.33. The molecule has 0 aliphatic carbocycles. The van der Waals surface area contributed by atoms with Gasteiger partial charge in [0.05, 0.1) is 12.5 Å². The fourth-order valence-electron chi connectivity index (χ4n) is 2.75. The minimum Gasteiger partial charge on any atom is -0.444 e. The maximum atomic E-state index is 12.9. The minimum absolute atomic E-state index is 0.281. The van der Waals surface area contributed by atoms with Crippen LogP contribution in [0.15, 0.2) is 34.9 Å². The maximum absolute atomic E-state index is 12.9. The number of hydrogen-bond acceptors (Lipinski definition) is 4. The van der Waals surface area contributed by atoms with Crippen molar-refractivity contribution in [3.05, 3.63) is 53.5 Å². The van der Waals surface area contributed by atoms with E-state index < -0.39 is 10.0 Å². The van der Waals surface area contributed by atoms with Gasteiger partial charge in [-0.2, -0.15) is 4.31 Å². The zero-order chi connectivity index (χ0) is 15.7. The molecule has 1 atom stereocenters. The summed E-state index contributed by atoms with van der Waals surface area (Å²) >= 11 is 0. The van der Waals surface area contributed by atoms with Crippen molar-refractivity contribution >= 4 is 10.0 Å². The molecule has 1 aliphatic rings. The topological polar surface area (TPSA) is 63.4 Å². The smallest absolute Gasteiger partial charge is 0.212 e. The molecule has 1 aromatic carbocycles. The van der Waals surface area contributed by atoms with Crippen molar-refractivity contribution in [2.45, 2.75) is 25.3 Å². The van der Waals surface area contributed by atoms with Gasteiger partial charge < -0.3 is 4.42 Å². The Balaban J connectivity index is 1.77. The first-order valence-corrected chi connectivity index (χ1v) is 8.94. The molecule has 0 unspecified atom stereocenters. The number of rotatable bonds is 4. The summed E-state index contributed by atoms with van der Waals surface area (Å²) < 4.78 is 43.6. The van der Waals surface area contributed by atoms with E-state index in [2.05, 4.69) is 4.98 Å². The van der Waals surface area contributed by atoms with Crippen molar-refractivity contribution in [3.8, 4) is 0 Å². The lowest BCUT2D eigenvalue weighted by Crippen LogP contribution is -2.29. The molecule has 1 aliphatic heterocycles. The third-order valence-corrected chi connectivity index (χ3v) is 5.07. The van der Waals surface area contributed by atoms with Crippen LogP contribution in [0.4, 0.5) is 4.39 Å². The van der Waals surface area contributed by atoms with Gasteiger partial charge in [-0.25, -0.2) is 17.8 Å². The second kappa shape index (κ2) is 5.81. The van der Waals surface area contributed by atoms with Gasteiger partial charge in [-0.1, -0.05) is 12.1 Å². The lowest BCUT2D eigenvalue weighted by Gasteiger charge is -2.19. The molecule has 0 amide bonds. The Morgan fingerprint density at radius 3 is 2.77 bits per heavy atom. The average molecular weight is 324 g/mol. The molecule has 1 aromatic heterocycles. The predicted molar refractivity (Wildman–Crippen MR) is 79.2 cm³/mol. The molecule has 22 heavy (non-hydrogen) atoms. The van der Waals surface area contributed by atoms with Gasteiger partial charge in [0.15, 0.2) is 0 Å². The summed E-state index contributed by atoms with van der Waals surface area (Å²) in [5.41, 5.74) is 0.912. The third kappa shape index (κ3) is 3.20. The lowest BCUT2D eigenvalue weighted by atomic mass is 10.1. The molecule has 7 heteroatoms. The Labute approximate surface area is 128 Å². The van der Waals surface area contributed by atoms with Gasteiger partial charge in [0.2, 0.25) is 15.9 Å². The molecule has 2 heterocycles. The molecule has 1 saturated heterocycles. The minimum atomic E-state index is -3.26. The van der Waals surface area contributed by atoms with Crippen LogP contribution in [0.5, 0.6) is 0 Å². The largest absolute Gasteiger partial charge is 0.444 e. The van der Waals surface area contributed by atoms with E-state index in [1.54, 1.807) is 18.3 Å². The Morgan fingerprint density at radius 2 is 2.09 bits per heavy atom. The molecule has 118 valence electrons. The van der Waals surface area contributed by atoms with Crippen molar-refractivity contribution < 1.29 is 17.2 Å². The van der Waals surface area contributed by atoms with Crippen LogP contribution >= 0.6 is 0 Å². The van der Waals surface area contributed by atoms with E-state index in [0.717, 1.165) is 12.0 Å². The summed E-state index contributed by atoms with van der Waals surface area (Å²) in [5, 5.41) is 0. The van der Waals surface area contributed by atoms with Crippen LogP contribution in [0.25, 0.3) is 0 Å². The summed E-state index contributed by atoms with van der Waals surface area (Å²) in [6.07, 6.45) is 4.82. The maximum Gasteiger partial charge on any atom is 0.212 e. The van der Waals surface area contributed by atoms with Gasteiger partial charge in [0, 0.05) is 13.0 Å². The van der Waals surface area contributed by atoms with Crippen molar-refractivity contribution in [1.29, 1.82) is 0 Å². The van der Waals surface area contributed by atoms with Gasteiger partial charge in [-0.15, -0.1) is 0 Å². The number of aromatic nitrogens is 1. The summed E-state index contributed by atoms with van der Waals surface area (Å²) in [5.74, 6) is 0.791. The SMILES string of the molecule is CS(=O)(=O)N1CCC[C@@H]1c1ncc(Cc2ccc(F)cc2)o1. The average Bonchev–Trinajstić information content (AvgIpc) is 3.09. The highest BCUT2D eigenvalue weighted by atomic mass is 32.2. The zero-order valence-electron chi connectivity index (χ0n) is 12.2. The number of hydrogen-bond donors (Lipinski definition) is 0. The van der Waals surface area contributed by atoms with E-state index in [1.165, 1.54) is 22.7 Å². The highest BCUT2D eigenvalue weighted by Gasteiger charge is 2.35. The molecule has 3 rings (SSSR count). The number of halogens is 1. The van der Waals surface area contributed by atoms with Crippen LogP contribution in [-0.4, -0.2) is 30.5 Å². The van der Waals surface area contributed by atoms with E-state index in [-0.39, 0.29) is 11.9 Å². The molecule has 0 spiro atoms. The molecule has 0 saturated carbocycles. The van der Waals surface area contributed by atoms with Gasteiger partial charge >= 0.3 is 0 Å². The first-order valence-electron chi connectivity index (χ1n) is 7.09. The first kappa shape index (κ1) is 15.2. The molecular formula is C15H17FN2O3S. The zero-order valence-corrected chi connectivity index (χ0v) is 13.0. The normalized spacial score (nSPS) is 19.6. The van der Waals surface area contributed by atoms with E-state index >= 15 is 0 Å². The van der Waals surface area contributed by atoms with E-state index in [4.69, 9.17) is 4.42 Å². The molecule has 5 nitrogen and oxygen atoms in total. The molecule has 0 radical (unpaired) electrons. The quantitative estimate of drug-likeness (QED) is 0.867. The number of benzene rings is 1. The number of sulfonamides is 1. The monoisotopic (exact) mass is 324 g/mol. The van der Waals surface area contributed by atoms with Gasteiger partial charge in [-0.05, 0) is 30.5 Å². The second-order valence-corrected chi connectivity index (χ2v) is 7.43. The van der Waals surface area contributed by atoms with Crippen molar-refractivity contribution in [1.82, 2.24) is 9.29 Å². The van der Waals surface area contributed by atoms with E-state index in [1.807, 2.05) is 0 Å². The van der Waals surface area contributed by atoms with Crippen LogP contribution in [0.3, 0.4) is 0 Å². The summed E-state index contributed by atoms with van der Waals surface area (Å²) in [4.78, 5) is 4.23. The van der Waals surface area contributed by atoms with Crippen molar-refractivity contribution in [3.63, 3.8) is 0 Å². The molecule has 0 N–H and O–H groups in total. The standard InChI is InChI=1S/C15H17FN2O3S/c1-22(19,20)18-8-2-3-14(18)15-17-10-13(21-15)9-11-4-6-12(16)7-5-11/h4-7,10,14H,2-3,8-9H2,1H3/t14-/m1/s1. The van der Waals surface area contributed by atoms with Gasteiger partial charge in [0.1, 0.15) is 17.6 Å². The fraction of sp³-hybridized carbons (Fsp3) is 0.400. The van der Waals surface area contributed by atoms with Gasteiger partial charge in [-0.3, -0.25) is 0 Å². The van der Waals surface area contributed by atoms with Crippen molar-refractivity contribution in [2.24, 2.45) is 0 Å². The Hall–Kier alpha value is -1.73. The Bertz CT molecular complexity index is 755. The Kier molecular flexibility index (Phi) is 4.01. The van der Waals surface area contributed by atoms with E-state index in [0.29, 0.717) is 31.0 Å². The Morgan fingerprint density at radius 1 is 1.36 bits per heavy atom. The number of oxazole rings is 1. The first-order chi connectivity index (χ1) is 10.4.